The van der Waals surface area contributed by atoms with Crippen molar-refractivity contribution in [1.82, 2.24) is 0 Å². The van der Waals surface area contributed by atoms with Gasteiger partial charge >= 0.3 is 0 Å². The Kier molecular flexibility index (Phi) is 5.65. The molecule has 0 aliphatic heterocycles. The smallest absolute Gasteiger partial charge is 0.264 e. The van der Waals surface area contributed by atoms with Gasteiger partial charge in [0.25, 0.3) is 15.9 Å². The first kappa shape index (κ1) is 20.5. The number of rotatable bonds is 5. The Bertz CT molecular complexity index is 1170. The lowest BCUT2D eigenvalue weighted by molar-refractivity contribution is 0.102. The van der Waals surface area contributed by atoms with Crippen LogP contribution in [0.25, 0.3) is 0 Å². The molecule has 150 valence electrons. The number of benzene rings is 3. The zero-order valence-electron chi connectivity index (χ0n) is 15.7. The number of amides is 1. The van der Waals surface area contributed by atoms with Gasteiger partial charge in [-0.2, -0.15) is 0 Å². The molecule has 0 spiro atoms. The lowest BCUT2D eigenvalue weighted by Crippen LogP contribution is -2.27. The van der Waals surface area contributed by atoms with Crippen molar-refractivity contribution >= 4 is 27.3 Å². The molecule has 8 heteroatoms. The molecule has 3 aromatic carbocycles. The van der Waals surface area contributed by atoms with Crippen LogP contribution in [0.4, 0.5) is 20.2 Å². The first-order chi connectivity index (χ1) is 13.7. The summed E-state index contributed by atoms with van der Waals surface area (Å²) in [5, 5.41) is 2.47. The van der Waals surface area contributed by atoms with Crippen molar-refractivity contribution in [3.05, 3.63) is 89.5 Å². The molecule has 0 radical (unpaired) electrons. The molecule has 5 nitrogen and oxygen atoms in total. The summed E-state index contributed by atoms with van der Waals surface area (Å²) >= 11 is 0. The summed E-state index contributed by atoms with van der Waals surface area (Å²) in [6.45, 7) is 1.73. The van der Waals surface area contributed by atoms with E-state index in [1.807, 2.05) is 0 Å². The molecule has 0 aliphatic rings. The molecular weight excluding hydrogens is 398 g/mol. The minimum atomic E-state index is -3.82. The average molecular weight is 416 g/mol. The van der Waals surface area contributed by atoms with E-state index < -0.39 is 27.6 Å². The van der Waals surface area contributed by atoms with Crippen LogP contribution in [0.1, 0.15) is 15.9 Å². The Morgan fingerprint density at radius 1 is 0.931 bits per heavy atom. The van der Waals surface area contributed by atoms with Crippen molar-refractivity contribution < 1.29 is 22.0 Å². The lowest BCUT2D eigenvalue weighted by atomic mass is 10.1. The minimum Gasteiger partial charge on any atom is -0.322 e. The van der Waals surface area contributed by atoms with Crippen LogP contribution in [0.5, 0.6) is 0 Å². The summed E-state index contributed by atoms with van der Waals surface area (Å²) in [4.78, 5) is 12.6. The number of hydrogen-bond donors (Lipinski definition) is 1. The van der Waals surface area contributed by atoms with Crippen LogP contribution in [-0.2, 0) is 10.0 Å². The van der Waals surface area contributed by atoms with Crippen molar-refractivity contribution in [2.24, 2.45) is 0 Å². The molecule has 3 aromatic rings. The normalized spacial score (nSPS) is 11.2. The van der Waals surface area contributed by atoms with E-state index in [9.17, 15) is 22.0 Å². The summed E-state index contributed by atoms with van der Waals surface area (Å²) in [5.41, 5.74) is 1.23. The van der Waals surface area contributed by atoms with Crippen molar-refractivity contribution in [3.8, 4) is 0 Å². The molecule has 0 aliphatic carbocycles. The van der Waals surface area contributed by atoms with Crippen molar-refractivity contribution in [1.29, 1.82) is 0 Å². The van der Waals surface area contributed by atoms with E-state index in [1.165, 1.54) is 37.4 Å². The van der Waals surface area contributed by atoms with Gasteiger partial charge in [0, 0.05) is 24.4 Å². The van der Waals surface area contributed by atoms with E-state index in [0.717, 1.165) is 16.4 Å². The zero-order chi connectivity index (χ0) is 21.2. The monoisotopic (exact) mass is 416 g/mol. The van der Waals surface area contributed by atoms with E-state index >= 15 is 0 Å². The third-order valence-electron chi connectivity index (χ3n) is 4.39. The predicted octanol–water partition coefficient (Wildman–Crippen LogP) is 4.35. The number of carbonyl (C=O) groups excluding carboxylic acids is 1. The van der Waals surface area contributed by atoms with Crippen LogP contribution in [0.3, 0.4) is 0 Å². The molecule has 1 amide bonds. The fourth-order valence-corrected chi connectivity index (χ4v) is 4.02. The van der Waals surface area contributed by atoms with Crippen LogP contribution in [-0.4, -0.2) is 21.4 Å². The number of carbonyl (C=O) groups is 1. The maximum Gasteiger partial charge on any atom is 0.264 e. The van der Waals surface area contributed by atoms with Gasteiger partial charge in [-0.05, 0) is 48.9 Å². The fourth-order valence-electron chi connectivity index (χ4n) is 2.75. The highest BCUT2D eigenvalue weighted by Crippen LogP contribution is 2.27. The summed E-state index contributed by atoms with van der Waals surface area (Å²) in [6.07, 6.45) is 0. The molecule has 0 saturated carbocycles. The molecule has 0 atom stereocenters. The quantitative estimate of drug-likeness (QED) is 0.672. The molecule has 0 saturated heterocycles. The van der Waals surface area contributed by atoms with Gasteiger partial charge in [0.05, 0.1) is 10.6 Å². The average Bonchev–Trinajstić information content (AvgIpc) is 2.71. The predicted molar refractivity (Wildman–Crippen MR) is 108 cm³/mol. The molecule has 0 aromatic heterocycles. The van der Waals surface area contributed by atoms with Gasteiger partial charge in [-0.3, -0.25) is 9.10 Å². The van der Waals surface area contributed by atoms with E-state index in [-0.39, 0.29) is 16.1 Å². The van der Waals surface area contributed by atoms with E-state index in [4.69, 9.17) is 0 Å². The number of nitrogens with zero attached hydrogens (tertiary/aromatic N) is 1. The van der Waals surface area contributed by atoms with Gasteiger partial charge < -0.3 is 5.32 Å². The number of hydrogen-bond acceptors (Lipinski definition) is 3. The van der Waals surface area contributed by atoms with Gasteiger partial charge in [-0.1, -0.05) is 24.3 Å². The maximum absolute atomic E-state index is 13.3. The lowest BCUT2D eigenvalue weighted by Gasteiger charge is -2.22. The number of halogens is 2. The minimum absolute atomic E-state index is 0.0845. The Labute approximate surface area is 167 Å². The van der Waals surface area contributed by atoms with Crippen LogP contribution in [0, 0.1) is 18.6 Å². The largest absolute Gasteiger partial charge is 0.322 e. The van der Waals surface area contributed by atoms with Gasteiger partial charge in [0.2, 0.25) is 0 Å². The van der Waals surface area contributed by atoms with E-state index in [0.29, 0.717) is 11.3 Å². The molecule has 1 N–H and O–H groups in total. The fraction of sp³-hybridized carbons (Fsp3) is 0.0952. The Balaban J connectivity index is 1.91. The van der Waals surface area contributed by atoms with E-state index in [1.54, 1.807) is 31.2 Å². The number of nitrogens with one attached hydrogen (secondary N) is 1. The Morgan fingerprint density at radius 3 is 2.28 bits per heavy atom. The second-order valence-electron chi connectivity index (χ2n) is 6.37. The van der Waals surface area contributed by atoms with E-state index in [2.05, 4.69) is 5.32 Å². The first-order valence-electron chi connectivity index (χ1n) is 8.61. The molecule has 0 heterocycles. The standard InChI is InChI=1S/C21H18F2N2O3S/c1-14-8-9-15(21(26)24-16-10-11-18(22)19(23)13-16)12-20(14)25(2)29(27,28)17-6-4-3-5-7-17/h3-13H,1-2H3,(H,24,26). The summed E-state index contributed by atoms with van der Waals surface area (Å²) in [6, 6.07) is 15.5. The highest BCUT2D eigenvalue weighted by atomic mass is 32.2. The first-order valence-corrected chi connectivity index (χ1v) is 10.0. The molecular formula is C21H18F2N2O3S. The highest BCUT2D eigenvalue weighted by Gasteiger charge is 2.23. The third-order valence-corrected chi connectivity index (χ3v) is 6.18. The summed E-state index contributed by atoms with van der Waals surface area (Å²) in [5.74, 6) is -2.68. The Morgan fingerprint density at radius 2 is 1.62 bits per heavy atom. The topological polar surface area (TPSA) is 66.5 Å². The molecule has 0 unspecified atom stereocenters. The van der Waals surface area contributed by atoms with Crippen molar-refractivity contribution in [2.75, 3.05) is 16.7 Å². The van der Waals surface area contributed by atoms with Gasteiger partial charge in [-0.25, -0.2) is 17.2 Å². The summed E-state index contributed by atoms with van der Waals surface area (Å²) in [7, 11) is -2.41. The van der Waals surface area contributed by atoms with Crippen LogP contribution in [0.2, 0.25) is 0 Å². The third kappa shape index (κ3) is 4.27. The second-order valence-corrected chi connectivity index (χ2v) is 8.34. The molecule has 3 rings (SSSR count). The van der Waals surface area contributed by atoms with Gasteiger partial charge in [0.1, 0.15) is 0 Å². The SMILES string of the molecule is Cc1ccc(C(=O)Nc2ccc(F)c(F)c2)cc1N(C)S(=O)(=O)c1ccccc1. The number of aryl methyl sites for hydroxylation is 1. The van der Waals surface area contributed by atoms with Crippen molar-refractivity contribution in [3.63, 3.8) is 0 Å². The molecule has 29 heavy (non-hydrogen) atoms. The molecule has 0 fully saturated rings. The Hall–Kier alpha value is -3.26. The van der Waals surface area contributed by atoms with Gasteiger partial charge in [-0.15, -0.1) is 0 Å². The number of sulfonamides is 1. The summed E-state index contributed by atoms with van der Waals surface area (Å²) < 4.78 is 53.2. The molecule has 0 bridgehead atoms. The van der Waals surface area contributed by atoms with Crippen LogP contribution < -0.4 is 9.62 Å². The van der Waals surface area contributed by atoms with Crippen LogP contribution in [0.15, 0.2) is 71.6 Å². The van der Waals surface area contributed by atoms with Gasteiger partial charge in [0.15, 0.2) is 11.6 Å². The van der Waals surface area contributed by atoms with Crippen molar-refractivity contribution in [2.45, 2.75) is 11.8 Å². The highest BCUT2D eigenvalue weighted by molar-refractivity contribution is 7.92. The number of anilines is 2. The van der Waals surface area contributed by atoms with Crippen LogP contribution >= 0.6 is 0 Å². The second kappa shape index (κ2) is 8.00. The maximum atomic E-state index is 13.3. The zero-order valence-corrected chi connectivity index (χ0v) is 16.5.